The van der Waals surface area contributed by atoms with Gasteiger partial charge < -0.3 is 15.0 Å². The highest BCUT2D eigenvalue weighted by molar-refractivity contribution is 5.68. The number of benzene rings is 3. The third-order valence-corrected chi connectivity index (χ3v) is 7.37. The van der Waals surface area contributed by atoms with Crippen LogP contribution in [0, 0.1) is 5.92 Å². The zero-order valence-electron chi connectivity index (χ0n) is 20.3. The normalized spacial score (nSPS) is 17.4. The average molecular weight is 456 g/mol. The van der Waals surface area contributed by atoms with Crippen LogP contribution in [0.25, 0.3) is 11.1 Å². The Balaban J connectivity index is 1.32. The Kier molecular flexibility index (Phi) is 7.59. The number of ether oxygens (including phenoxy) is 1. The molecule has 1 unspecified atom stereocenters. The van der Waals surface area contributed by atoms with E-state index in [9.17, 15) is 0 Å². The lowest BCUT2D eigenvalue weighted by molar-refractivity contribution is 0.0681. The molecule has 3 aromatic carbocycles. The summed E-state index contributed by atoms with van der Waals surface area (Å²) < 4.78 is 5.87. The van der Waals surface area contributed by atoms with Crippen LogP contribution in [0.15, 0.2) is 72.8 Å². The summed E-state index contributed by atoms with van der Waals surface area (Å²) in [6.07, 6.45) is 4.75. The molecule has 0 spiro atoms. The van der Waals surface area contributed by atoms with Gasteiger partial charge in [-0.25, -0.2) is 0 Å². The predicted octanol–water partition coefficient (Wildman–Crippen LogP) is 5.54. The summed E-state index contributed by atoms with van der Waals surface area (Å²) in [7, 11) is 1.81. The first-order chi connectivity index (χ1) is 16.8. The van der Waals surface area contributed by atoms with Crippen molar-refractivity contribution in [2.75, 3.05) is 38.2 Å². The van der Waals surface area contributed by atoms with Crippen LogP contribution in [-0.2, 0) is 17.7 Å². The molecule has 1 fully saturated rings. The van der Waals surface area contributed by atoms with E-state index >= 15 is 0 Å². The largest absolute Gasteiger partial charge is 0.367 e. The lowest BCUT2D eigenvalue weighted by Gasteiger charge is -2.33. The van der Waals surface area contributed by atoms with E-state index < -0.39 is 0 Å². The zero-order chi connectivity index (χ0) is 23.2. The highest BCUT2D eigenvalue weighted by Gasteiger charge is 2.21. The van der Waals surface area contributed by atoms with Gasteiger partial charge in [0.2, 0.25) is 0 Å². The van der Waals surface area contributed by atoms with Crippen LogP contribution in [0.1, 0.15) is 42.2 Å². The second-order valence-corrected chi connectivity index (χ2v) is 9.65. The lowest BCUT2D eigenvalue weighted by Crippen LogP contribution is -2.35. The fraction of sp³-hybridized carbons (Fsp3) is 0.400. The molecule has 3 aromatic rings. The van der Waals surface area contributed by atoms with E-state index in [-0.39, 0.29) is 6.23 Å². The first-order valence-corrected chi connectivity index (χ1v) is 12.8. The average Bonchev–Trinajstić information content (AvgIpc) is 2.90. The molecule has 5 rings (SSSR count). The third kappa shape index (κ3) is 5.35. The quantitative estimate of drug-likeness (QED) is 0.437. The molecule has 0 aromatic heterocycles. The van der Waals surface area contributed by atoms with Crippen LogP contribution in [0.2, 0.25) is 0 Å². The number of fused-ring (bicyclic) bond motifs is 1. The molecular weight excluding hydrogens is 418 g/mol. The molecule has 1 atom stereocenters. The Bertz CT molecular complexity index is 1060. The summed E-state index contributed by atoms with van der Waals surface area (Å²) in [4.78, 5) is 2.55. The van der Waals surface area contributed by atoms with Crippen LogP contribution in [-0.4, -0.2) is 33.3 Å². The molecule has 2 aliphatic heterocycles. The molecule has 4 nitrogen and oxygen atoms in total. The van der Waals surface area contributed by atoms with E-state index in [1.54, 1.807) is 0 Å². The molecule has 2 N–H and O–H groups in total. The van der Waals surface area contributed by atoms with Crippen molar-refractivity contribution in [3.63, 3.8) is 0 Å². The molecule has 34 heavy (non-hydrogen) atoms. The van der Waals surface area contributed by atoms with Crippen molar-refractivity contribution in [2.45, 2.75) is 38.5 Å². The number of methoxy groups -OCH3 is 1. The van der Waals surface area contributed by atoms with Gasteiger partial charge in [-0.2, -0.15) is 0 Å². The number of hydrogen-bond acceptors (Lipinski definition) is 4. The van der Waals surface area contributed by atoms with Gasteiger partial charge in [0.05, 0.1) is 0 Å². The van der Waals surface area contributed by atoms with Crippen LogP contribution in [0.5, 0.6) is 0 Å². The smallest absolute Gasteiger partial charge is 0.133 e. The number of nitrogens with zero attached hydrogens (tertiary/aromatic N) is 1. The highest BCUT2D eigenvalue weighted by Crippen LogP contribution is 2.33. The van der Waals surface area contributed by atoms with Crippen LogP contribution >= 0.6 is 0 Å². The SMILES string of the molecule is COC(NCC1CCNCC1)c1ccc2c(c1)CCCN2Cc1ccccc1-c1ccccc1. The number of anilines is 1. The van der Waals surface area contributed by atoms with Gasteiger partial charge in [0.15, 0.2) is 0 Å². The van der Waals surface area contributed by atoms with E-state index in [1.807, 2.05) is 7.11 Å². The molecule has 2 heterocycles. The Hall–Kier alpha value is -2.66. The predicted molar refractivity (Wildman–Crippen MR) is 141 cm³/mol. The summed E-state index contributed by atoms with van der Waals surface area (Å²) >= 11 is 0. The maximum Gasteiger partial charge on any atom is 0.133 e. The van der Waals surface area contributed by atoms with Crippen LogP contribution < -0.4 is 15.5 Å². The van der Waals surface area contributed by atoms with Crippen molar-refractivity contribution < 1.29 is 4.74 Å². The lowest BCUT2D eigenvalue weighted by atomic mass is 9.95. The summed E-state index contributed by atoms with van der Waals surface area (Å²) in [5, 5.41) is 7.13. The van der Waals surface area contributed by atoms with Gasteiger partial charge >= 0.3 is 0 Å². The fourth-order valence-corrected chi connectivity index (χ4v) is 5.48. The van der Waals surface area contributed by atoms with Crippen LogP contribution in [0.4, 0.5) is 5.69 Å². The van der Waals surface area contributed by atoms with Crippen molar-refractivity contribution in [2.24, 2.45) is 5.92 Å². The number of hydrogen-bond donors (Lipinski definition) is 2. The summed E-state index contributed by atoms with van der Waals surface area (Å²) in [6.45, 7) is 5.30. The number of rotatable bonds is 8. The molecule has 4 heteroatoms. The van der Waals surface area contributed by atoms with Crippen LogP contribution in [0.3, 0.4) is 0 Å². The Morgan fingerprint density at radius 3 is 2.62 bits per heavy atom. The van der Waals surface area contributed by atoms with Crippen molar-refractivity contribution in [1.82, 2.24) is 10.6 Å². The minimum absolute atomic E-state index is 0.0469. The van der Waals surface area contributed by atoms with Gasteiger partial charge in [0.1, 0.15) is 6.23 Å². The van der Waals surface area contributed by atoms with Gasteiger partial charge in [-0.05, 0) is 84.6 Å². The van der Waals surface area contributed by atoms with E-state index in [0.29, 0.717) is 0 Å². The maximum atomic E-state index is 5.87. The number of aryl methyl sites for hydroxylation is 1. The molecule has 2 aliphatic rings. The zero-order valence-corrected chi connectivity index (χ0v) is 20.3. The van der Waals surface area contributed by atoms with Gasteiger partial charge in [0, 0.05) is 32.4 Å². The molecule has 0 saturated carbocycles. The third-order valence-electron chi connectivity index (χ3n) is 7.37. The summed E-state index contributed by atoms with van der Waals surface area (Å²) in [6, 6.07) is 26.5. The molecule has 0 radical (unpaired) electrons. The molecule has 178 valence electrons. The molecule has 0 bridgehead atoms. The molecular formula is C30H37N3O. The second-order valence-electron chi connectivity index (χ2n) is 9.65. The standard InChI is InChI=1S/C30H37N3O/c1-34-30(32-21-23-15-17-31-18-16-23)26-13-14-29-25(20-26)11-7-19-33(29)22-27-10-5-6-12-28(27)24-8-3-2-4-9-24/h2-6,8-10,12-14,20,23,30-32H,7,11,15-19,21-22H2,1H3. The monoisotopic (exact) mass is 455 g/mol. The van der Waals surface area contributed by atoms with Gasteiger partial charge in [-0.1, -0.05) is 60.7 Å². The Morgan fingerprint density at radius 1 is 1.00 bits per heavy atom. The minimum atomic E-state index is -0.0469. The van der Waals surface area contributed by atoms with E-state index in [4.69, 9.17) is 4.74 Å². The topological polar surface area (TPSA) is 36.5 Å². The molecule has 0 aliphatic carbocycles. The molecule has 1 saturated heterocycles. The first kappa shape index (κ1) is 23.1. The maximum absolute atomic E-state index is 5.87. The second kappa shape index (κ2) is 11.2. The van der Waals surface area contributed by atoms with Gasteiger partial charge in [-0.3, -0.25) is 5.32 Å². The van der Waals surface area contributed by atoms with Gasteiger partial charge in [0.25, 0.3) is 0 Å². The number of nitrogens with one attached hydrogen (secondary N) is 2. The number of piperidine rings is 1. The van der Waals surface area contributed by atoms with E-state index in [2.05, 4.69) is 88.3 Å². The van der Waals surface area contributed by atoms with Gasteiger partial charge in [-0.15, -0.1) is 0 Å². The summed E-state index contributed by atoms with van der Waals surface area (Å²) in [5.74, 6) is 0.733. The highest BCUT2D eigenvalue weighted by atomic mass is 16.5. The van der Waals surface area contributed by atoms with Crippen molar-refractivity contribution in [1.29, 1.82) is 0 Å². The Morgan fingerprint density at radius 2 is 1.79 bits per heavy atom. The van der Waals surface area contributed by atoms with Crippen molar-refractivity contribution in [3.8, 4) is 11.1 Å². The molecule has 0 amide bonds. The summed E-state index contributed by atoms with van der Waals surface area (Å²) in [5.41, 5.74) is 8.03. The Labute approximate surface area is 204 Å². The van der Waals surface area contributed by atoms with Crippen molar-refractivity contribution in [3.05, 3.63) is 89.5 Å². The van der Waals surface area contributed by atoms with E-state index in [0.717, 1.165) is 45.1 Å². The van der Waals surface area contributed by atoms with Crippen molar-refractivity contribution >= 4 is 5.69 Å². The van der Waals surface area contributed by atoms with E-state index in [1.165, 1.54) is 52.8 Å². The minimum Gasteiger partial charge on any atom is -0.367 e. The first-order valence-electron chi connectivity index (χ1n) is 12.8. The fourth-order valence-electron chi connectivity index (χ4n) is 5.48.